The molecule has 66 valence electrons. The lowest BCUT2D eigenvalue weighted by molar-refractivity contribution is -0.165. The highest BCUT2D eigenvalue weighted by Gasteiger charge is 2.05. The maximum atomic E-state index is 10.8. The Labute approximate surface area is 68.0 Å². The Balaban J connectivity index is 3.36. The summed E-state index contributed by atoms with van der Waals surface area (Å²) in [5, 5.41) is 9.84. The molecule has 0 fully saturated rings. The predicted octanol–water partition coefficient (Wildman–Crippen LogP) is 1.80. The molecule has 1 amide bonds. The van der Waals surface area contributed by atoms with E-state index in [0.717, 1.165) is 24.3 Å². The van der Waals surface area contributed by atoms with Crippen molar-refractivity contribution in [3.63, 3.8) is 0 Å². The van der Waals surface area contributed by atoms with Gasteiger partial charge < -0.3 is 0 Å². The second kappa shape index (κ2) is 6.16. The van der Waals surface area contributed by atoms with Crippen LogP contribution in [0.3, 0.4) is 0 Å². The van der Waals surface area contributed by atoms with Gasteiger partial charge in [0, 0.05) is 13.0 Å². The zero-order valence-corrected chi connectivity index (χ0v) is 7.34. The average Bonchev–Trinajstić information content (AvgIpc) is 2.03. The zero-order valence-electron chi connectivity index (χ0n) is 7.34. The first-order valence-electron chi connectivity index (χ1n) is 4.21. The van der Waals surface area contributed by atoms with Crippen molar-refractivity contribution in [3.8, 4) is 0 Å². The van der Waals surface area contributed by atoms with Gasteiger partial charge in [0.2, 0.25) is 5.91 Å². The molecule has 0 atom stereocenters. The van der Waals surface area contributed by atoms with Crippen LogP contribution in [0, 0.1) is 0 Å². The third kappa shape index (κ3) is 4.79. The third-order valence-electron chi connectivity index (χ3n) is 1.56. The first-order chi connectivity index (χ1) is 5.22. The molecule has 0 aromatic rings. The summed E-state index contributed by atoms with van der Waals surface area (Å²) in [4.78, 5) is 10.8. The Morgan fingerprint density at radius 2 is 2.00 bits per heavy atom. The number of amides is 1. The maximum Gasteiger partial charge on any atom is 0.245 e. The molecule has 0 aromatic carbocycles. The number of carbonyl (C=O) groups excluding carboxylic acids is 1. The summed E-state index contributed by atoms with van der Waals surface area (Å²) in [5.74, 6) is -0.193. The van der Waals surface area contributed by atoms with Crippen molar-refractivity contribution in [2.24, 2.45) is 0 Å². The van der Waals surface area contributed by atoms with E-state index >= 15 is 0 Å². The van der Waals surface area contributed by atoms with Crippen molar-refractivity contribution in [1.29, 1.82) is 0 Å². The summed E-state index contributed by atoms with van der Waals surface area (Å²) >= 11 is 0. The minimum absolute atomic E-state index is 0.193. The molecule has 0 saturated carbocycles. The van der Waals surface area contributed by atoms with Gasteiger partial charge in [-0.25, -0.2) is 5.06 Å². The summed E-state index contributed by atoms with van der Waals surface area (Å²) in [6.45, 7) is 4.30. The maximum absolute atomic E-state index is 10.8. The number of nitrogens with zero attached hydrogens (tertiary/aromatic N) is 1. The molecule has 0 aliphatic heterocycles. The summed E-state index contributed by atoms with van der Waals surface area (Å²) in [6.07, 6.45) is 3.43. The first kappa shape index (κ1) is 10.4. The molecule has 0 saturated heterocycles. The van der Waals surface area contributed by atoms with E-state index in [-0.39, 0.29) is 5.91 Å². The minimum atomic E-state index is -0.193. The van der Waals surface area contributed by atoms with Gasteiger partial charge in [0.25, 0.3) is 0 Å². The Kier molecular flexibility index (Phi) is 5.84. The molecule has 11 heavy (non-hydrogen) atoms. The fourth-order valence-corrected chi connectivity index (χ4v) is 0.819. The van der Waals surface area contributed by atoms with Crippen LogP contribution in [0.1, 0.15) is 39.5 Å². The summed E-state index contributed by atoms with van der Waals surface area (Å²) in [5.41, 5.74) is 0. The van der Waals surface area contributed by atoms with E-state index in [1.807, 2.05) is 0 Å². The molecule has 0 aromatic heterocycles. The fourth-order valence-electron chi connectivity index (χ4n) is 0.819. The lowest BCUT2D eigenvalue weighted by Gasteiger charge is -2.12. The van der Waals surface area contributed by atoms with Crippen LogP contribution >= 0.6 is 0 Å². The average molecular weight is 159 g/mol. The van der Waals surface area contributed by atoms with Crippen LogP contribution in [0.25, 0.3) is 0 Å². The number of rotatable bonds is 5. The summed E-state index contributed by atoms with van der Waals surface area (Å²) in [6, 6.07) is 0. The van der Waals surface area contributed by atoms with Crippen molar-refractivity contribution in [2.45, 2.75) is 39.5 Å². The number of carbonyl (C=O) groups is 1. The highest BCUT2D eigenvalue weighted by molar-refractivity contribution is 5.74. The highest BCUT2D eigenvalue weighted by atomic mass is 16.5. The Morgan fingerprint density at radius 1 is 1.36 bits per heavy atom. The SMILES string of the molecule is CCCCCN(O)C(=O)CC. The second-order valence-corrected chi connectivity index (χ2v) is 2.58. The monoisotopic (exact) mass is 159 g/mol. The van der Waals surface area contributed by atoms with Gasteiger partial charge in [0.15, 0.2) is 0 Å². The lowest BCUT2D eigenvalue weighted by Crippen LogP contribution is -2.27. The van der Waals surface area contributed by atoms with E-state index in [0.29, 0.717) is 13.0 Å². The largest absolute Gasteiger partial charge is 0.286 e. The first-order valence-corrected chi connectivity index (χ1v) is 4.21. The zero-order chi connectivity index (χ0) is 8.69. The molecule has 1 N–H and O–H groups in total. The van der Waals surface area contributed by atoms with E-state index in [2.05, 4.69) is 6.92 Å². The number of hydrogen-bond donors (Lipinski definition) is 1. The van der Waals surface area contributed by atoms with Crippen molar-refractivity contribution in [3.05, 3.63) is 0 Å². The summed E-state index contributed by atoms with van der Waals surface area (Å²) < 4.78 is 0. The van der Waals surface area contributed by atoms with Gasteiger partial charge in [0.05, 0.1) is 0 Å². The normalized spacial score (nSPS) is 9.73. The Hall–Kier alpha value is -0.570. The van der Waals surface area contributed by atoms with Crippen LogP contribution in [0.15, 0.2) is 0 Å². The van der Waals surface area contributed by atoms with Crippen molar-refractivity contribution < 1.29 is 10.0 Å². The molecule has 3 heteroatoms. The van der Waals surface area contributed by atoms with Crippen LogP contribution in [0.2, 0.25) is 0 Å². The van der Waals surface area contributed by atoms with Crippen molar-refractivity contribution >= 4 is 5.91 Å². The molecular formula is C8H17NO2. The Bertz CT molecular complexity index is 115. The number of unbranched alkanes of at least 4 members (excludes halogenated alkanes) is 2. The molecule has 3 nitrogen and oxygen atoms in total. The smallest absolute Gasteiger partial charge is 0.245 e. The van der Waals surface area contributed by atoms with Gasteiger partial charge in [-0.1, -0.05) is 26.7 Å². The van der Waals surface area contributed by atoms with Crippen molar-refractivity contribution in [2.75, 3.05) is 6.54 Å². The van der Waals surface area contributed by atoms with Gasteiger partial charge in [-0.2, -0.15) is 0 Å². The molecule has 0 aliphatic carbocycles. The molecule has 0 bridgehead atoms. The van der Waals surface area contributed by atoms with Gasteiger partial charge in [-0.15, -0.1) is 0 Å². The molecular weight excluding hydrogens is 142 g/mol. The second-order valence-electron chi connectivity index (χ2n) is 2.58. The fraction of sp³-hybridized carbons (Fsp3) is 0.875. The number of hydrogen-bond acceptors (Lipinski definition) is 2. The molecule has 0 aliphatic rings. The Morgan fingerprint density at radius 3 is 2.45 bits per heavy atom. The van der Waals surface area contributed by atoms with Crippen molar-refractivity contribution in [1.82, 2.24) is 5.06 Å². The van der Waals surface area contributed by atoms with Gasteiger partial charge in [0.1, 0.15) is 0 Å². The molecule has 0 radical (unpaired) electrons. The van der Waals surface area contributed by atoms with Gasteiger partial charge in [-0.3, -0.25) is 10.0 Å². The molecule has 0 unspecified atom stereocenters. The van der Waals surface area contributed by atoms with Crippen LogP contribution in [-0.2, 0) is 4.79 Å². The molecule has 0 heterocycles. The summed E-state index contributed by atoms with van der Waals surface area (Å²) in [7, 11) is 0. The molecule has 0 rings (SSSR count). The van der Waals surface area contributed by atoms with Crippen LogP contribution < -0.4 is 0 Å². The standard InChI is InChI=1S/C8H17NO2/c1-3-5-6-7-9(11)8(10)4-2/h11H,3-7H2,1-2H3. The highest BCUT2D eigenvalue weighted by Crippen LogP contribution is 1.97. The van der Waals surface area contributed by atoms with Crippen LogP contribution in [0.5, 0.6) is 0 Å². The quantitative estimate of drug-likeness (QED) is 0.377. The predicted molar refractivity (Wildman–Crippen MR) is 43.3 cm³/mol. The van der Waals surface area contributed by atoms with Gasteiger partial charge in [-0.05, 0) is 6.42 Å². The van der Waals surface area contributed by atoms with Gasteiger partial charge >= 0.3 is 0 Å². The number of hydroxylamine groups is 2. The van der Waals surface area contributed by atoms with E-state index in [1.165, 1.54) is 0 Å². The topological polar surface area (TPSA) is 40.5 Å². The lowest BCUT2D eigenvalue weighted by atomic mass is 10.2. The van der Waals surface area contributed by atoms with E-state index < -0.39 is 0 Å². The van der Waals surface area contributed by atoms with E-state index in [9.17, 15) is 4.79 Å². The molecule has 0 spiro atoms. The third-order valence-corrected chi connectivity index (χ3v) is 1.56. The van der Waals surface area contributed by atoms with E-state index in [1.54, 1.807) is 6.92 Å². The van der Waals surface area contributed by atoms with Crippen LogP contribution in [0.4, 0.5) is 0 Å². The van der Waals surface area contributed by atoms with Crippen LogP contribution in [-0.4, -0.2) is 22.7 Å². The minimum Gasteiger partial charge on any atom is -0.286 e. The van der Waals surface area contributed by atoms with E-state index in [4.69, 9.17) is 5.21 Å².